The predicted octanol–water partition coefficient (Wildman–Crippen LogP) is 0.265. The van der Waals surface area contributed by atoms with Gasteiger partial charge in [0.2, 0.25) is 0 Å². The van der Waals surface area contributed by atoms with Crippen molar-refractivity contribution in [2.45, 2.75) is 42.3 Å². The van der Waals surface area contributed by atoms with Gasteiger partial charge in [0.25, 0.3) is 5.91 Å². The third-order valence-electron chi connectivity index (χ3n) is 6.80. The van der Waals surface area contributed by atoms with E-state index in [1.807, 2.05) is 0 Å². The molecule has 0 aromatic carbocycles. The highest BCUT2D eigenvalue weighted by Gasteiger charge is 2.53. The van der Waals surface area contributed by atoms with E-state index in [2.05, 4.69) is 39.0 Å². The zero-order chi connectivity index (χ0) is 26.7. The molecule has 0 bridgehead atoms. The first-order chi connectivity index (χ1) is 17.7. The first-order valence-corrected chi connectivity index (χ1v) is 14.3. The number of hydrogen-bond acceptors (Lipinski definition) is 9. The average molecular weight is 552 g/mol. The van der Waals surface area contributed by atoms with E-state index in [9.17, 15) is 24.3 Å². The molecule has 202 valence electrons. The van der Waals surface area contributed by atoms with Crippen LogP contribution in [0.15, 0.2) is 31.0 Å². The number of aliphatic imine (C=N–C) groups is 1. The molecule has 2 fully saturated rings. The molecule has 2 atom stereocenters. The minimum Gasteiger partial charge on any atom is -0.477 e. The molecule has 14 heteroatoms. The molecule has 0 saturated carbocycles. The Morgan fingerprint density at radius 1 is 1.30 bits per heavy atom. The average Bonchev–Trinajstić information content (AvgIpc) is 2.85. The number of fused-ring (bicyclic) bond motifs is 1. The van der Waals surface area contributed by atoms with Crippen molar-refractivity contribution >= 4 is 41.7 Å². The van der Waals surface area contributed by atoms with Gasteiger partial charge in [-0.2, -0.15) is 4.98 Å². The summed E-state index contributed by atoms with van der Waals surface area (Å²) in [7, 11) is 5.74. The number of hydrogen-bond donors (Lipinski definition) is 2. The number of nitrogens with zero attached hydrogens (tertiary/aromatic N) is 6. The van der Waals surface area contributed by atoms with Crippen molar-refractivity contribution in [3.63, 3.8) is 0 Å². The maximum absolute atomic E-state index is 12.9. The molecule has 37 heavy (non-hydrogen) atoms. The minimum atomic E-state index is -1.17. The highest BCUT2D eigenvalue weighted by Crippen LogP contribution is 2.42. The van der Waals surface area contributed by atoms with Crippen LogP contribution in [0.5, 0.6) is 0 Å². The van der Waals surface area contributed by atoms with Gasteiger partial charge in [0.1, 0.15) is 11.1 Å². The second-order valence-electron chi connectivity index (χ2n) is 9.79. The number of carbonyl (C=O) groups is 2. The number of amides is 1. The van der Waals surface area contributed by atoms with Crippen LogP contribution in [-0.4, -0.2) is 109 Å². The number of aromatic amines is 1. The molecule has 1 aromatic heterocycles. The van der Waals surface area contributed by atoms with Crippen LogP contribution in [0.2, 0.25) is 0 Å². The van der Waals surface area contributed by atoms with E-state index in [4.69, 9.17) is 0 Å². The fourth-order valence-electron chi connectivity index (χ4n) is 4.74. The Bertz CT molecular complexity index is 1200. The lowest BCUT2D eigenvalue weighted by Gasteiger charge is -2.48. The topological polar surface area (TPSA) is 144 Å². The number of piperidine rings is 1. The number of likely N-dealkylation sites (tertiary alicyclic amines) is 1. The van der Waals surface area contributed by atoms with Crippen LogP contribution >= 0.6 is 23.5 Å². The van der Waals surface area contributed by atoms with Gasteiger partial charge >= 0.3 is 17.1 Å². The molecule has 2 saturated heterocycles. The summed E-state index contributed by atoms with van der Waals surface area (Å²) in [6.45, 7) is 2.95. The quantitative estimate of drug-likeness (QED) is 0.137. The molecule has 4 rings (SSSR count). The molecular weight excluding hydrogens is 518 g/mol. The highest BCUT2D eigenvalue weighted by molar-refractivity contribution is 8.01. The normalized spacial score (nSPS) is 22.6. The maximum Gasteiger partial charge on any atom is 0.352 e. The lowest BCUT2D eigenvalue weighted by molar-refractivity contribution is -0.147. The molecule has 0 radical (unpaired) electrons. The van der Waals surface area contributed by atoms with Crippen molar-refractivity contribution in [2.75, 3.05) is 45.2 Å². The summed E-state index contributed by atoms with van der Waals surface area (Å²) >= 11 is 2.62. The van der Waals surface area contributed by atoms with Gasteiger partial charge in [0.15, 0.2) is 11.2 Å². The molecule has 1 unspecified atom stereocenters. The van der Waals surface area contributed by atoms with E-state index >= 15 is 0 Å². The van der Waals surface area contributed by atoms with Crippen molar-refractivity contribution in [1.82, 2.24) is 29.5 Å². The van der Waals surface area contributed by atoms with Crippen molar-refractivity contribution < 1.29 is 14.7 Å². The Morgan fingerprint density at radius 3 is 2.70 bits per heavy atom. The third-order valence-corrected chi connectivity index (χ3v) is 9.24. The van der Waals surface area contributed by atoms with E-state index in [0.29, 0.717) is 11.3 Å². The molecule has 2 N–H and O–H groups in total. The van der Waals surface area contributed by atoms with Gasteiger partial charge < -0.3 is 14.9 Å². The van der Waals surface area contributed by atoms with Crippen molar-refractivity contribution in [1.29, 1.82) is 0 Å². The lowest BCUT2D eigenvalue weighted by Crippen LogP contribution is -2.64. The van der Waals surface area contributed by atoms with E-state index in [0.717, 1.165) is 50.2 Å². The van der Waals surface area contributed by atoms with Crippen LogP contribution < -0.4 is 11.1 Å². The van der Waals surface area contributed by atoms with E-state index in [1.165, 1.54) is 34.2 Å². The number of aryl methyl sites for hydroxylation is 1. The molecule has 3 aliphatic rings. The van der Waals surface area contributed by atoms with Gasteiger partial charge in [-0.25, -0.2) is 4.79 Å². The summed E-state index contributed by atoms with van der Waals surface area (Å²) in [4.78, 5) is 62.0. The molecule has 12 nitrogen and oxygen atoms in total. The van der Waals surface area contributed by atoms with Crippen molar-refractivity contribution in [2.24, 2.45) is 18.0 Å². The second-order valence-corrected chi connectivity index (χ2v) is 11.8. The van der Waals surface area contributed by atoms with Crippen molar-refractivity contribution in [3.8, 4) is 0 Å². The number of β-lactam (4-membered cyclic amide) rings is 1. The molecule has 0 spiro atoms. The maximum atomic E-state index is 12.9. The molecule has 1 amide bonds. The van der Waals surface area contributed by atoms with Gasteiger partial charge in [0, 0.05) is 31.6 Å². The Labute approximate surface area is 223 Å². The summed E-state index contributed by atoms with van der Waals surface area (Å²) in [6, 6.07) is -0.590. The van der Waals surface area contributed by atoms with E-state index in [-0.39, 0.29) is 27.9 Å². The first-order valence-electron chi connectivity index (χ1n) is 12.3. The number of aromatic nitrogens is 3. The van der Waals surface area contributed by atoms with Gasteiger partial charge in [0.05, 0.1) is 6.34 Å². The summed E-state index contributed by atoms with van der Waals surface area (Å²) in [5.41, 5.74) is -1.19. The molecule has 3 aliphatic heterocycles. The minimum absolute atomic E-state index is 0.0272. The van der Waals surface area contributed by atoms with Gasteiger partial charge in [-0.15, -0.1) is 11.8 Å². The fraction of sp³-hybridized carbons (Fsp3) is 0.652. The molecule has 1 aromatic rings. The highest BCUT2D eigenvalue weighted by atomic mass is 32.2. The molecule has 0 aliphatic carbocycles. The Morgan fingerprint density at radius 2 is 2.03 bits per heavy atom. The third kappa shape index (κ3) is 6.29. The van der Waals surface area contributed by atoms with Gasteiger partial charge in [-0.05, 0) is 57.8 Å². The number of thioether (sulfide) groups is 2. The zero-order valence-electron chi connectivity index (χ0n) is 21.3. The van der Waals surface area contributed by atoms with Crippen LogP contribution in [0.3, 0.4) is 0 Å². The number of rotatable bonds is 10. The lowest BCUT2D eigenvalue weighted by atomic mass is 9.92. The van der Waals surface area contributed by atoms with Crippen LogP contribution in [0.4, 0.5) is 0 Å². The summed E-state index contributed by atoms with van der Waals surface area (Å²) < 4.78 is 1.32. The summed E-state index contributed by atoms with van der Waals surface area (Å²) in [5, 5.41) is 12.2. The van der Waals surface area contributed by atoms with E-state index in [1.54, 1.807) is 13.4 Å². The number of aliphatic carboxylic acids is 1. The predicted molar refractivity (Wildman–Crippen MR) is 143 cm³/mol. The smallest absolute Gasteiger partial charge is 0.352 e. The number of H-pyrrole nitrogens is 1. The Kier molecular flexibility index (Phi) is 8.80. The number of carboxylic acids is 1. The standard InChI is InChI=1S/C23H33N7O5S2/c1-27(2)8-4-5-14-6-9-29(10-7-14)13-24-16-20(33)30-17(22(34)35)15(11-36-21(16)30)12-37-23-25-18(31)19(32)26-28(23)3/h13-14,16,21H,4-12H2,1-3H3,(H,26,32)(H,34,35)/t16?,21-/m1/s1. The first kappa shape index (κ1) is 27.5. The second kappa shape index (κ2) is 11.9. The van der Waals surface area contributed by atoms with Crippen LogP contribution in [0.1, 0.15) is 25.7 Å². The van der Waals surface area contributed by atoms with Crippen molar-refractivity contribution in [3.05, 3.63) is 32.0 Å². The Balaban J connectivity index is 1.35. The van der Waals surface area contributed by atoms with Crippen LogP contribution in [-0.2, 0) is 16.6 Å². The van der Waals surface area contributed by atoms with Gasteiger partial charge in [-0.1, -0.05) is 11.8 Å². The monoisotopic (exact) mass is 551 g/mol. The van der Waals surface area contributed by atoms with Crippen LogP contribution in [0.25, 0.3) is 0 Å². The van der Waals surface area contributed by atoms with Crippen LogP contribution in [0, 0.1) is 5.92 Å². The Hall–Kier alpha value is -2.58. The molecular formula is C23H33N7O5S2. The zero-order valence-corrected chi connectivity index (χ0v) is 22.9. The summed E-state index contributed by atoms with van der Waals surface area (Å²) in [6.07, 6.45) is 6.44. The van der Waals surface area contributed by atoms with Gasteiger partial charge in [-0.3, -0.25) is 34.1 Å². The van der Waals surface area contributed by atoms with E-state index < -0.39 is 23.1 Å². The largest absolute Gasteiger partial charge is 0.477 e. The fourth-order valence-corrected chi connectivity index (χ4v) is 7.14. The number of carbonyl (C=O) groups excluding carboxylic acids is 1. The SMILES string of the molecule is CN(C)CCCC1CCN(C=NC2C(=O)N3C(C(=O)O)=C(CSc4nc(=O)c(=O)[nH]n4C)CS[C@H]23)CC1. The number of carboxylic acid groups (broad SMARTS) is 1. The summed E-state index contributed by atoms with van der Waals surface area (Å²) in [5.74, 6) is -0.120. The number of nitrogens with one attached hydrogen (secondary N) is 1. The molecule has 4 heterocycles.